The van der Waals surface area contributed by atoms with Crippen LogP contribution >= 0.6 is 11.6 Å². The number of rotatable bonds is 7. The van der Waals surface area contributed by atoms with Gasteiger partial charge < -0.3 is 9.26 Å². The van der Waals surface area contributed by atoms with Crippen LogP contribution in [-0.2, 0) is 16.4 Å². The van der Waals surface area contributed by atoms with Crippen LogP contribution in [0.5, 0.6) is 5.75 Å². The van der Waals surface area contributed by atoms with Crippen LogP contribution < -0.4 is 9.46 Å². The fourth-order valence-corrected chi connectivity index (χ4v) is 3.29. The van der Waals surface area contributed by atoms with Crippen molar-refractivity contribution in [2.75, 3.05) is 13.7 Å². The van der Waals surface area contributed by atoms with Gasteiger partial charge in [-0.05, 0) is 31.0 Å². The lowest BCUT2D eigenvalue weighted by molar-refractivity contribution is 0.402. The van der Waals surface area contributed by atoms with Crippen molar-refractivity contribution in [1.82, 2.24) is 9.88 Å². The molecule has 0 aliphatic rings. The summed E-state index contributed by atoms with van der Waals surface area (Å²) < 4.78 is 36.8. The first-order valence-corrected chi connectivity index (χ1v) is 8.10. The fourth-order valence-electron chi connectivity index (χ4n) is 1.79. The summed E-state index contributed by atoms with van der Waals surface area (Å²) >= 11 is 5.84. The number of benzene rings is 1. The zero-order valence-corrected chi connectivity index (χ0v) is 12.9. The van der Waals surface area contributed by atoms with Gasteiger partial charge >= 0.3 is 0 Å². The van der Waals surface area contributed by atoms with Crippen LogP contribution in [0.2, 0.25) is 5.02 Å². The minimum absolute atomic E-state index is 0.0301. The predicted octanol–water partition coefficient (Wildman–Crippen LogP) is 2.25. The molecule has 1 aromatic heterocycles. The number of aromatic nitrogens is 1. The van der Waals surface area contributed by atoms with Crippen molar-refractivity contribution in [3.8, 4) is 5.75 Å². The molecule has 1 heterocycles. The van der Waals surface area contributed by atoms with Gasteiger partial charge in [0.05, 0.1) is 13.3 Å². The summed E-state index contributed by atoms with van der Waals surface area (Å²) in [6, 6.07) is 4.46. The van der Waals surface area contributed by atoms with E-state index < -0.39 is 10.0 Å². The van der Waals surface area contributed by atoms with Crippen molar-refractivity contribution in [2.45, 2.75) is 17.7 Å². The highest BCUT2D eigenvalue weighted by atomic mass is 35.5. The molecule has 0 amide bonds. The van der Waals surface area contributed by atoms with Crippen LogP contribution in [0, 0.1) is 0 Å². The van der Waals surface area contributed by atoms with Crippen LogP contribution in [0.1, 0.15) is 12.0 Å². The Labute approximate surface area is 128 Å². The minimum atomic E-state index is -3.67. The molecule has 2 aromatic rings. The Bertz CT molecular complexity index is 686. The second kappa shape index (κ2) is 6.93. The van der Waals surface area contributed by atoms with E-state index in [2.05, 4.69) is 9.88 Å². The lowest BCUT2D eigenvalue weighted by Gasteiger charge is -2.10. The van der Waals surface area contributed by atoms with E-state index >= 15 is 0 Å². The number of hydrogen-bond acceptors (Lipinski definition) is 5. The molecule has 0 fully saturated rings. The van der Waals surface area contributed by atoms with Gasteiger partial charge in [-0.1, -0.05) is 16.8 Å². The Balaban J connectivity index is 1.99. The third kappa shape index (κ3) is 4.20. The number of nitrogens with zero attached hydrogens (tertiary/aromatic N) is 1. The Morgan fingerprint density at radius 3 is 2.90 bits per heavy atom. The number of sulfonamides is 1. The normalized spacial score (nSPS) is 11.5. The highest BCUT2D eigenvalue weighted by Crippen LogP contribution is 2.26. The van der Waals surface area contributed by atoms with E-state index in [-0.39, 0.29) is 10.6 Å². The van der Waals surface area contributed by atoms with Gasteiger partial charge in [0.15, 0.2) is 0 Å². The molecule has 0 radical (unpaired) electrons. The van der Waals surface area contributed by atoms with Gasteiger partial charge in [0.25, 0.3) is 0 Å². The number of ether oxygens (including phenoxy) is 1. The van der Waals surface area contributed by atoms with Gasteiger partial charge in [0.2, 0.25) is 10.0 Å². The van der Waals surface area contributed by atoms with Gasteiger partial charge in [0.1, 0.15) is 16.9 Å². The van der Waals surface area contributed by atoms with Gasteiger partial charge in [-0.15, -0.1) is 0 Å². The van der Waals surface area contributed by atoms with Crippen LogP contribution in [0.3, 0.4) is 0 Å². The van der Waals surface area contributed by atoms with Crippen molar-refractivity contribution >= 4 is 21.6 Å². The van der Waals surface area contributed by atoms with Gasteiger partial charge in [0, 0.05) is 17.1 Å². The monoisotopic (exact) mass is 330 g/mol. The number of halogens is 1. The summed E-state index contributed by atoms with van der Waals surface area (Å²) in [6.45, 7) is 0.295. The molecule has 0 bridgehead atoms. The average Bonchev–Trinajstić information content (AvgIpc) is 2.97. The van der Waals surface area contributed by atoms with E-state index in [0.717, 1.165) is 5.56 Å². The largest absolute Gasteiger partial charge is 0.495 e. The summed E-state index contributed by atoms with van der Waals surface area (Å²) in [4.78, 5) is 0.0301. The van der Waals surface area contributed by atoms with E-state index in [0.29, 0.717) is 24.4 Å². The molecular weight excluding hydrogens is 316 g/mol. The third-order valence-electron chi connectivity index (χ3n) is 2.83. The van der Waals surface area contributed by atoms with Crippen molar-refractivity contribution < 1.29 is 17.7 Å². The molecule has 1 aromatic carbocycles. The second-order valence-corrected chi connectivity index (χ2v) is 6.50. The van der Waals surface area contributed by atoms with Crippen molar-refractivity contribution in [3.63, 3.8) is 0 Å². The van der Waals surface area contributed by atoms with E-state index in [9.17, 15) is 8.42 Å². The lowest BCUT2D eigenvalue weighted by atomic mass is 10.2. The molecule has 8 heteroatoms. The molecule has 0 aliphatic carbocycles. The molecule has 2 rings (SSSR count). The Morgan fingerprint density at radius 2 is 2.24 bits per heavy atom. The van der Waals surface area contributed by atoms with Crippen molar-refractivity contribution in [1.29, 1.82) is 0 Å². The van der Waals surface area contributed by atoms with Gasteiger partial charge in [-0.3, -0.25) is 0 Å². The first-order valence-electron chi connectivity index (χ1n) is 6.24. The summed E-state index contributed by atoms with van der Waals surface area (Å²) in [5, 5.41) is 3.92. The maximum Gasteiger partial charge on any atom is 0.244 e. The summed E-state index contributed by atoms with van der Waals surface area (Å²) in [7, 11) is -2.25. The first kappa shape index (κ1) is 15.8. The molecule has 0 saturated carbocycles. The highest BCUT2D eigenvalue weighted by Gasteiger charge is 2.19. The molecule has 0 saturated heterocycles. The molecule has 114 valence electrons. The maximum absolute atomic E-state index is 12.2. The Morgan fingerprint density at radius 1 is 1.43 bits per heavy atom. The van der Waals surface area contributed by atoms with Gasteiger partial charge in [-0.25, -0.2) is 13.1 Å². The highest BCUT2D eigenvalue weighted by molar-refractivity contribution is 7.89. The van der Waals surface area contributed by atoms with Crippen LogP contribution in [0.25, 0.3) is 0 Å². The Kier molecular flexibility index (Phi) is 5.22. The topological polar surface area (TPSA) is 81.4 Å². The SMILES string of the molecule is COc1ccc(Cl)cc1S(=O)(=O)NCCCc1cnoc1. The van der Waals surface area contributed by atoms with E-state index in [1.807, 2.05) is 0 Å². The lowest BCUT2D eigenvalue weighted by Crippen LogP contribution is -2.25. The molecule has 21 heavy (non-hydrogen) atoms. The smallest absolute Gasteiger partial charge is 0.244 e. The quantitative estimate of drug-likeness (QED) is 0.787. The molecular formula is C13H15ClN2O4S. The number of hydrogen-bond donors (Lipinski definition) is 1. The fraction of sp³-hybridized carbons (Fsp3) is 0.308. The summed E-state index contributed by atoms with van der Waals surface area (Å²) in [6.07, 6.45) is 4.45. The molecule has 0 spiro atoms. The second-order valence-electron chi connectivity index (χ2n) is 4.33. The molecule has 0 unspecified atom stereocenters. The number of methoxy groups -OCH3 is 1. The summed E-state index contributed by atoms with van der Waals surface area (Å²) in [5.74, 6) is 0.255. The van der Waals surface area contributed by atoms with E-state index in [1.165, 1.54) is 25.5 Å². The van der Waals surface area contributed by atoms with Crippen LogP contribution in [0.4, 0.5) is 0 Å². The zero-order chi connectivity index (χ0) is 15.3. The number of aryl methyl sites for hydroxylation is 1. The van der Waals surface area contributed by atoms with Crippen molar-refractivity contribution in [3.05, 3.63) is 41.2 Å². The van der Waals surface area contributed by atoms with Gasteiger partial charge in [-0.2, -0.15) is 0 Å². The summed E-state index contributed by atoms with van der Waals surface area (Å²) in [5.41, 5.74) is 0.925. The zero-order valence-electron chi connectivity index (χ0n) is 11.4. The standard InChI is InChI=1S/C13H15ClN2O4S/c1-19-12-5-4-11(14)7-13(12)21(17,18)16-6-2-3-10-8-15-20-9-10/h4-5,7-9,16H,2-3,6H2,1H3. The van der Waals surface area contributed by atoms with E-state index in [4.69, 9.17) is 20.9 Å². The Hall–Kier alpha value is -1.57. The predicted molar refractivity (Wildman–Crippen MR) is 78.0 cm³/mol. The van der Waals surface area contributed by atoms with Crippen molar-refractivity contribution in [2.24, 2.45) is 0 Å². The minimum Gasteiger partial charge on any atom is -0.495 e. The maximum atomic E-state index is 12.2. The van der Waals surface area contributed by atoms with Crippen LogP contribution in [0.15, 0.2) is 40.1 Å². The number of nitrogens with one attached hydrogen (secondary N) is 1. The third-order valence-corrected chi connectivity index (χ3v) is 4.55. The molecule has 6 nitrogen and oxygen atoms in total. The average molecular weight is 331 g/mol. The first-order chi connectivity index (χ1) is 10.0. The molecule has 1 N–H and O–H groups in total. The van der Waals surface area contributed by atoms with Crippen LogP contribution in [-0.4, -0.2) is 27.2 Å². The molecule has 0 aliphatic heterocycles. The molecule has 0 atom stereocenters. The van der Waals surface area contributed by atoms with E-state index in [1.54, 1.807) is 12.3 Å².